The van der Waals surface area contributed by atoms with Crippen molar-refractivity contribution in [3.8, 4) is 0 Å². The van der Waals surface area contributed by atoms with E-state index in [0.717, 1.165) is 11.3 Å². The summed E-state index contributed by atoms with van der Waals surface area (Å²) in [5.41, 5.74) is 0.478. The number of rotatable bonds is 3. The van der Waals surface area contributed by atoms with Gasteiger partial charge in [0.15, 0.2) is 0 Å². The first-order valence-corrected chi connectivity index (χ1v) is 5.26. The van der Waals surface area contributed by atoms with Crippen LogP contribution in [0, 0.1) is 10.1 Å². The van der Waals surface area contributed by atoms with Gasteiger partial charge in [-0.3, -0.25) is 4.79 Å². The lowest BCUT2D eigenvalue weighted by Crippen LogP contribution is -2.00. The molecule has 6 heteroatoms. The van der Waals surface area contributed by atoms with Crippen molar-refractivity contribution >= 4 is 22.9 Å². The summed E-state index contributed by atoms with van der Waals surface area (Å²) in [6.07, 6.45) is 0. The molecule has 16 heavy (non-hydrogen) atoms. The van der Waals surface area contributed by atoms with Gasteiger partial charge in [-0.25, -0.2) is 0 Å². The van der Waals surface area contributed by atoms with Gasteiger partial charge in [0.05, 0.1) is 5.38 Å². The molecule has 0 aliphatic rings. The Morgan fingerprint density at radius 1 is 1.31 bits per heavy atom. The predicted octanol–water partition coefficient (Wildman–Crippen LogP) is 2.28. The van der Waals surface area contributed by atoms with Crippen molar-refractivity contribution < 1.29 is 9.72 Å². The predicted molar refractivity (Wildman–Crippen MR) is 58.6 cm³/mol. The largest absolute Gasteiger partial charge is 0.375 e. The molecule has 80 valence electrons. The molecule has 0 atom stereocenters. The Labute approximate surface area is 94.5 Å². The Kier molecular flexibility index (Phi) is 2.74. The summed E-state index contributed by atoms with van der Waals surface area (Å²) in [4.78, 5) is 25.3. The molecule has 1 aromatic carbocycles. The Balaban J connectivity index is 2.31. The molecule has 1 heterocycles. The van der Waals surface area contributed by atoms with E-state index in [1.165, 1.54) is 5.38 Å². The molecule has 1 aromatic heterocycles. The summed E-state index contributed by atoms with van der Waals surface area (Å²) >= 11 is 0.978. The first kappa shape index (κ1) is 10.4. The quantitative estimate of drug-likeness (QED) is 0.464. The van der Waals surface area contributed by atoms with E-state index in [-0.39, 0.29) is 16.6 Å². The van der Waals surface area contributed by atoms with Gasteiger partial charge in [0.2, 0.25) is 5.78 Å². The molecule has 2 aromatic rings. The summed E-state index contributed by atoms with van der Waals surface area (Å²) in [5, 5.41) is 11.8. The second-order valence-corrected chi connectivity index (χ2v) is 3.82. The fourth-order valence-electron chi connectivity index (χ4n) is 1.17. The van der Waals surface area contributed by atoms with E-state index in [2.05, 4.69) is 4.98 Å². The molecule has 5 nitrogen and oxygen atoms in total. The summed E-state index contributed by atoms with van der Waals surface area (Å²) < 4.78 is 0. The first-order valence-electron chi connectivity index (χ1n) is 4.38. The monoisotopic (exact) mass is 234 g/mol. The average Bonchev–Trinajstić information content (AvgIpc) is 2.78. The van der Waals surface area contributed by atoms with Gasteiger partial charge >= 0.3 is 5.82 Å². The summed E-state index contributed by atoms with van der Waals surface area (Å²) in [5.74, 6) is -0.581. The molecule has 0 aliphatic heterocycles. The van der Waals surface area contributed by atoms with Crippen molar-refractivity contribution in [3.63, 3.8) is 0 Å². The average molecular weight is 234 g/mol. The van der Waals surface area contributed by atoms with Gasteiger partial charge in [-0.15, -0.1) is 0 Å². The highest BCUT2D eigenvalue weighted by Gasteiger charge is 2.21. The van der Waals surface area contributed by atoms with Gasteiger partial charge in [0.25, 0.3) is 5.01 Å². The van der Waals surface area contributed by atoms with Crippen LogP contribution in [-0.2, 0) is 0 Å². The number of nitrogens with zero attached hydrogens (tertiary/aromatic N) is 2. The van der Waals surface area contributed by atoms with Gasteiger partial charge in [-0.05, 0) is 9.91 Å². The Morgan fingerprint density at radius 2 is 2.00 bits per heavy atom. The van der Waals surface area contributed by atoms with Crippen LogP contribution in [-0.4, -0.2) is 15.7 Å². The molecule has 0 saturated heterocycles. The lowest BCUT2D eigenvalue weighted by atomic mass is 10.1. The standard InChI is InChI=1S/C10H6N2O3S/c13-9(7-4-2-1-3-5-7)10-11-8(6-16-10)12(14)15/h1-6H. The normalized spacial score (nSPS) is 10.0. The van der Waals surface area contributed by atoms with Crippen LogP contribution in [0.3, 0.4) is 0 Å². The van der Waals surface area contributed by atoms with Gasteiger partial charge in [-0.1, -0.05) is 41.7 Å². The zero-order valence-corrected chi connectivity index (χ0v) is 8.81. The SMILES string of the molecule is O=C(c1ccccc1)c1nc([N+](=O)[O-])cs1. The Morgan fingerprint density at radius 3 is 2.56 bits per heavy atom. The molecule has 0 saturated carbocycles. The summed E-state index contributed by atoms with van der Waals surface area (Å²) in [7, 11) is 0. The fourth-order valence-corrected chi connectivity index (χ4v) is 1.89. The number of carbonyl (C=O) groups excluding carboxylic acids is 1. The summed E-state index contributed by atoms with van der Waals surface area (Å²) in [6.45, 7) is 0. The number of hydrogen-bond acceptors (Lipinski definition) is 5. The number of hydrogen-bond donors (Lipinski definition) is 0. The number of carbonyl (C=O) groups is 1. The van der Waals surface area contributed by atoms with Gasteiger partial charge in [-0.2, -0.15) is 0 Å². The maximum absolute atomic E-state index is 11.8. The van der Waals surface area contributed by atoms with Crippen LogP contribution in [0.4, 0.5) is 5.82 Å². The highest BCUT2D eigenvalue weighted by molar-refractivity contribution is 7.12. The highest BCUT2D eigenvalue weighted by atomic mass is 32.1. The number of thiazole rings is 1. The van der Waals surface area contributed by atoms with Crippen molar-refractivity contribution in [3.05, 3.63) is 56.4 Å². The maximum atomic E-state index is 11.8. The second kappa shape index (κ2) is 4.19. The molecular weight excluding hydrogens is 228 g/mol. The van der Waals surface area contributed by atoms with Crippen molar-refractivity contribution in [2.75, 3.05) is 0 Å². The van der Waals surface area contributed by atoms with E-state index < -0.39 is 4.92 Å². The van der Waals surface area contributed by atoms with Crippen LogP contribution in [0.25, 0.3) is 0 Å². The Hall–Kier alpha value is -2.08. The molecule has 0 aliphatic carbocycles. The van der Waals surface area contributed by atoms with Crippen LogP contribution in [0.2, 0.25) is 0 Å². The Bertz CT molecular complexity index is 536. The molecule has 0 unspecified atom stereocenters. The molecule has 0 N–H and O–H groups in total. The topological polar surface area (TPSA) is 73.1 Å². The zero-order chi connectivity index (χ0) is 11.5. The molecule has 0 fully saturated rings. The van der Waals surface area contributed by atoms with Crippen LogP contribution >= 0.6 is 11.3 Å². The lowest BCUT2D eigenvalue weighted by Gasteiger charge is -1.92. The van der Waals surface area contributed by atoms with E-state index in [0.29, 0.717) is 5.56 Å². The van der Waals surface area contributed by atoms with E-state index in [9.17, 15) is 14.9 Å². The van der Waals surface area contributed by atoms with Gasteiger partial charge in [0, 0.05) is 5.56 Å². The van der Waals surface area contributed by atoms with Crippen LogP contribution in [0.15, 0.2) is 35.7 Å². The molecule has 2 rings (SSSR count). The third-order valence-electron chi connectivity index (χ3n) is 1.91. The first-order chi connectivity index (χ1) is 7.68. The minimum Gasteiger partial charge on any atom is -0.358 e. The van der Waals surface area contributed by atoms with E-state index in [1.54, 1.807) is 30.3 Å². The van der Waals surface area contributed by atoms with Crippen LogP contribution in [0.5, 0.6) is 0 Å². The number of benzene rings is 1. The van der Waals surface area contributed by atoms with Crippen LogP contribution in [0.1, 0.15) is 15.4 Å². The van der Waals surface area contributed by atoms with Crippen molar-refractivity contribution in [1.82, 2.24) is 4.98 Å². The molecule has 0 radical (unpaired) electrons. The number of nitro groups is 1. The van der Waals surface area contributed by atoms with Crippen molar-refractivity contribution in [2.45, 2.75) is 0 Å². The fraction of sp³-hybridized carbons (Fsp3) is 0. The van der Waals surface area contributed by atoms with Gasteiger partial charge < -0.3 is 10.1 Å². The second-order valence-electron chi connectivity index (χ2n) is 2.96. The van der Waals surface area contributed by atoms with Crippen LogP contribution < -0.4 is 0 Å². The lowest BCUT2D eigenvalue weighted by molar-refractivity contribution is -0.389. The highest BCUT2D eigenvalue weighted by Crippen LogP contribution is 2.19. The van der Waals surface area contributed by atoms with Crippen molar-refractivity contribution in [2.24, 2.45) is 0 Å². The number of aromatic nitrogens is 1. The third-order valence-corrected chi connectivity index (χ3v) is 2.74. The van der Waals surface area contributed by atoms with Gasteiger partial charge in [0.1, 0.15) is 0 Å². The minimum absolute atomic E-state index is 0.137. The van der Waals surface area contributed by atoms with E-state index >= 15 is 0 Å². The third kappa shape index (κ3) is 1.96. The van der Waals surface area contributed by atoms with E-state index in [1.807, 2.05) is 0 Å². The molecule has 0 amide bonds. The maximum Gasteiger partial charge on any atom is 0.375 e. The van der Waals surface area contributed by atoms with Crippen molar-refractivity contribution in [1.29, 1.82) is 0 Å². The molecule has 0 spiro atoms. The molecule has 0 bridgehead atoms. The summed E-state index contributed by atoms with van der Waals surface area (Å²) in [6, 6.07) is 8.55. The number of ketones is 1. The molecular formula is C10H6N2O3S. The van der Waals surface area contributed by atoms with E-state index in [4.69, 9.17) is 0 Å². The zero-order valence-electron chi connectivity index (χ0n) is 7.99. The smallest absolute Gasteiger partial charge is 0.358 e. The minimum atomic E-state index is -0.613.